The van der Waals surface area contributed by atoms with Gasteiger partial charge in [0.1, 0.15) is 17.6 Å². The molecule has 5 aliphatic rings. The lowest BCUT2D eigenvalue weighted by Crippen LogP contribution is -2.57. The molecule has 6 rings (SSSR count). The van der Waals surface area contributed by atoms with E-state index < -0.39 is 11.4 Å². The minimum atomic E-state index is -1.11. The molecule has 0 amide bonds. The van der Waals surface area contributed by atoms with E-state index in [1.54, 1.807) is 7.11 Å². The lowest BCUT2D eigenvalue weighted by atomic mass is 9.58. The van der Waals surface area contributed by atoms with E-state index in [4.69, 9.17) is 19.0 Å². The second-order valence-electron chi connectivity index (χ2n) is 9.57. The maximum Gasteiger partial charge on any atom is 0.196 e. The van der Waals surface area contributed by atoms with Gasteiger partial charge in [0.2, 0.25) is 0 Å². The summed E-state index contributed by atoms with van der Waals surface area (Å²) in [6, 6.07) is 7.98. The quantitative estimate of drug-likeness (QED) is 0.835. The van der Waals surface area contributed by atoms with Gasteiger partial charge in [-0.15, -0.1) is 0 Å². The van der Waals surface area contributed by atoms with E-state index in [0.29, 0.717) is 12.5 Å². The SMILES string of the molecule is COc1ccc(CON2CCC[C@@]34[C@H]5CCC[C@@H]3OC(O)(C5)[C@@]43CC[C@@H]2O3)cc1. The van der Waals surface area contributed by atoms with E-state index in [0.717, 1.165) is 56.4 Å². The van der Waals surface area contributed by atoms with Crippen LogP contribution in [-0.2, 0) is 20.9 Å². The van der Waals surface area contributed by atoms with Crippen molar-refractivity contribution in [2.24, 2.45) is 11.3 Å². The molecule has 6 heteroatoms. The first-order valence-electron chi connectivity index (χ1n) is 11.2. The number of rotatable bonds is 4. The number of nitrogens with zero attached hydrogens (tertiary/aromatic N) is 1. The van der Waals surface area contributed by atoms with Crippen LogP contribution in [0.15, 0.2) is 24.3 Å². The smallest absolute Gasteiger partial charge is 0.196 e. The number of aliphatic hydroxyl groups is 1. The molecule has 0 aromatic heterocycles. The highest BCUT2D eigenvalue weighted by molar-refractivity contribution is 5.28. The van der Waals surface area contributed by atoms with Crippen molar-refractivity contribution < 1.29 is 24.2 Å². The van der Waals surface area contributed by atoms with E-state index in [1.165, 1.54) is 12.8 Å². The minimum absolute atomic E-state index is 0.00315. The maximum atomic E-state index is 11.6. The highest BCUT2D eigenvalue weighted by atomic mass is 16.7. The van der Waals surface area contributed by atoms with Gasteiger partial charge in [-0.2, -0.15) is 5.06 Å². The summed E-state index contributed by atoms with van der Waals surface area (Å²) < 4.78 is 18.3. The van der Waals surface area contributed by atoms with Crippen molar-refractivity contribution in [2.75, 3.05) is 13.7 Å². The predicted octanol–water partition coefficient (Wildman–Crippen LogP) is 3.38. The van der Waals surface area contributed by atoms with Gasteiger partial charge in [0.15, 0.2) is 5.79 Å². The van der Waals surface area contributed by atoms with Crippen molar-refractivity contribution in [2.45, 2.75) is 81.7 Å². The third kappa shape index (κ3) is 2.35. The summed E-state index contributed by atoms with van der Waals surface area (Å²) in [5.74, 6) is 0.267. The molecule has 29 heavy (non-hydrogen) atoms. The summed E-state index contributed by atoms with van der Waals surface area (Å²) in [7, 11) is 1.67. The van der Waals surface area contributed by atoms with Crippen LogP contribution in [-0.4, -0.2) is 47.5 Å². The molecule has 4 bridgehead atoms. The zero-order chi connectivity index (χ0) is 19.7. The van der Waals surface area contributed by atoms with Crippen LogP contribution in [0.1, 0.15) is 56.9 Å². The Bertz CT molecular complexity index is 768. The number of hydrogen-bond acceptors (Lipinski definition) is 6. The first-order valence-corrected chi connectivity index (χ1v) is 11.2. The Morgan fingerprint density at radius 3 is 2.76 bits per heavy atom. The number of hydrogen-bond donors (Lipinski definition) is 1. The molecule has 3 aliphatic heterocycles. The zero-order valence-corrected chi connectivity index (χ0v) is 17.1. The first kappa shape index (κ1) is 18.6. The molecule has 1 N–H and O–H groups in total. The van der Waals surface area contributed by atoms with Crippen molar-refractivity contribution in [3.63, 3.8) is 0 Å². The second kappa shape index (κ2) is 6.41. The molecule has 0 radical (unpaired) electrons. The van der Waals surface area contributed by atoms with Gasteiger partial charge in [-0.1, -0.05) is 18.6 Å². The average molecular weight is 402 g/mol. The second-order valence-corrected chi connectivity index (χ2v) is 9.57. The summed E-state index contributed by atoms with van der Waals surface area (Å²) in [4.78, 5) is 6.21. The summed E-state index contributed by atoms with van der Waals surface area (Å²) in [5, 5.41) is 13.6. The van der Waals surface area contributed by atoms with Crippen LogP contribution in [0.4, 0.5) is 0 Å². The standard InChI is InChI=1S/C23H31NO5/c1-26-18-8-6-16(7-9-18)15-27-24-13-3-11-21-17-4-2-5-19(21)28-23(25,14-17)22(21)12-10-20(24)29-22/h6-9,17,19-20,25H,2-5,10-15H2,1H3/t17-,19-,20-,21+,22+,23?/m0/s1. The molecule has 2 saturated carbocycles. The Labute approximate surface area is 172 Å². The molecule has 5 fully saturated rings. The van der Waals surface area contributed by atoms with E-state index in [-0.39, 0.29) is 17.7 Å². The van der Waals surface area contributed by atoms with E-state index in [2.05, 4.69) is 0 Å². The topological polar surface area (TPSA) is 60.4 Å². The van der Waals surface area contributed by atoms with Gasteiger partial charge in [0.05, 0.1) is 19.8 Å². The maximum absolute atomic E-state index is 11.6. The fraction of sp³-hybridized carbons (Fsp3) is 0.739. The number of benzene rings is 1. The van der Waals surface area contributed by atoms with E-state index in [1.807, 2.05) is 29.3 Å². The van der Waals surface area contributed by atoms with Gasteiger partial charge >= 0.3 is 0 Å². The van der Waals surface area contributed by atoms with Gasteiger partial charge in [0.25, 0.3) is 0 Å². The molecular formula is C23H31NO5. The van der Waals surface area contributed by atoms with Crippen LogP contribution in [0.5, 0.6) is 5.75 Å². The number of hydroxylamine groups is 2. The normalized spacial score (nSPS) is 45.7. The number of ether oxygens (including phenoxy) is 3. The van der Waals surface area contributed by atoms with Gasteiger partial charge < -0.3 is 19.3 Å². The summed E-state index contributed by atoms with van der Waals surface area (Å²) >= 11 is 0. The lowest BCUT2D eigenvalue weighted by molar-refractivity contribution is -0.315. The van der Waals surface area contributed by atoms with Crippen LogP contribution in [0.2, 0.25) is 0 Å². The number of fused-ring (bicyclic) bond motifs is 1. The van der Waals surface area contributed by atoms with Crippen LogP contribution in [0.3, 0.4) is 0 Å². The van der Waals surface area contributed by atoms with Crippen molar-refractivity contribution in [1.29, 1.82) is 0 Å². The van der Waals surface area contributed by atoms with Crippen molar-refractivity contribution in [1.82, 2.24) is 5.06 Å². The monoisotopic (exact) mass is 401 g/mol. The highest BCUT2D eigenvalue weighted by Gasteiger charge is 2.83. The van der Waals surface area contributed by atoms with Gasteiger partial charge in [-0.05, 0) is 62.1 Å². The predicted molar refractivity (Wildman–Crippen MR) is 105 cm³/mol. The van der Waals surface area contributed by atoms with Crippen molar-refractivity contribution in [3.8, 4) is 5.75 Å². The third-order valence-corrected chi connectivity index (χ3v) is 8.49. The Morgan fingerprint density at radius 2 is 1.97 bits per heavy atom. The molecule has 2 aliphatic carbocycles. The third-order valence-electron chi connectivity index (χ3n) is 8.49. The van der Waals surface area contributed by atoms with Crippen LogP contribution in [0, 0.1) is 11.3 Å². The van der Waals surface area contributed by atoms with Crippen LogP contribution < -0.4 is 4.74 Å². The fourth-order valence-electron chi connectivity index (χ4n) is 7.38. The molecule has 1 aromatic rings. The first-order chi connectivity index (χ1) is 14.1. The van der Waals surface area contributed by atoms with E-state index in [9.17, 15) is 5.11 Å². The zero-order valence-electron chi connectivity index (χ0n) is 17.1. The van der Waals surface area contributed by atoms with Gasteiger partial charge in [-0.3, -0.25) is 4.84 Å². The fourth-order valence-corrected chi connectivity index (χ4v) is 7.38. The van der Waals surface area contributed by atoms with Crippen molar-refractivity contribution in [3.05, 3.63) is 29.8 Å². The minimum Gasteiger partial charge on any atom is -0.497 e. The van der Waals surface area contributed by atoms with Gasteiger partial charge in [-0.25, -0.2) is 0 Å². The Hall–Kier alpha value is -1.18. The molecule has 3 saturated heterocycles. The molecule has 3 heterocycles. The molecule has 158 valence electrons. The molecule has 2 spiro atoms. The Kier molecular flexibility index (Phi) is 4.11. The Balaban J connectivity index is 1.23. The summed E-state index contributed by atoms with van der Waals surface area (Å²) in [5.41, 5.74) is 0.550. The summed E-state index contributed by atoms with van der Waals surface area (Å²) in [6.07, 6.45) is 8.12. The Morgan fingerprint density at radius 1 is 1.10 bits per heavy atom. The van der Waals surface area contributed by atoms with Crippen LogP contribution >= 0.6 is 0 Å². The summed E-state index contributed by atoms with van der Waals surface area (Å²) in [6.45, 7) is 1.37. The largest absolute Gasteiger partial charge is 0.497 e. The number of methoxy groups -OCH3 is 1. The van der Waals surface area contributed by atoms with Crippen LogP contribution in [0.25, 0.3) is 0 Å². The molecule has 6 nitrogen and oxygen atoms in total. The average Bonchev–Trinajstić information content (AvgIpc) is 3.32. The van der Waals surface area contributed by atoms with E-state index >= 15 is 0 Å². The van der Waals surface area contributed by atoms with Gasteiger partial charge in [0, 0.05) is 18.4 Å². The molecule has 1 unspecified atom stereocenters. The van der Waals surface area contributed by atoms with Crippen molar-refractivity contribution >= 4 is 0 Å². The highest BCUT2D eigenvalue weighted by Crippen LogP contribution is 2.74. The molecule has 6 atom stereocenters. The molecular weight excluding hydrogens is 370 g/mol. The molecule has 1 aromatic carbocycles. The lowest BCUT2D eigenvalue weighted by Gasteiger charge is -2.50.